The number of allylic oxidation sites excluding steroid dienone is 1. The molecule has 3 aliphatic heterocycles. The number of hydrogen-bond acceptors (Lipinski definition) is 7. The van der Waals surface area contributed by atoms with Crippen molar-refractivity contribution in [3.63, 3.8) is 0 Å². The maximum absolute atomic E-state index is 11.3. The summed E-state index contributed by atoms with van der Waals surface area (Å²) in [5.41, 5.74) is 4.86. The van der Waals surface area contributed by atoms with Gasteiger partial charge < -0.3 is 19.2 Å². The summed E-state index contributed by atoms with van der Waals surface area (Å²) >= 11 is 0. The highest BCUT2D eigenvalue weighted by molar-refractivity contribution is 6.19. The first-order valence-corrected chi connectivity index (χ1v) is 11.3. The number of aliphatic hydroxyl groups excluding tert-OH is 1. The Hall–Kier alpha value is -3.30. The van der Waals surface area contributed by atoms with Gasteiger partial charge in [0.1, 0.15) is 18.3 Å². The summed E-state index contributed by atoms with van der Waals surface area (Å²) in [5, 5.41) is 16.5. The molecule has 6 heterocycles. The van der Waals surface area contributed by atoms with E-state index in [9.17, 15) is 5.11 Å². The third-order valence-corrected chi connectivity index (χ3v) is 6.54. The Balaban J connectivity index is 1.54. The summed E-state index contributed by atoms with van der Waals surface area (Å²) in [7, 11) is 3.85. The molecule has 0 aromatic carbocycles. The molecule has 3 aromatic rings. The number of furan rings is 1. The monoisotopic (exact) mass is 447 g/mol. The van der Waals surface area contributed by atoms with E-state index in [2.05, 4.69) is 28.9 Å². The maximum Gasteiger partial charge on any atom is 0.226 e. The second-order valence-electron chi connectivity index (χ2n) is 9.24. The van der Waals surface area contributed by atoms with E-state index in [1.807, 2.05) is 48.2 Å². The Kier molecular flexibility index (Phi) is 4.53. The van der Waals surface area contributed by atoms with E-state index in [-0.39, 0.29) is 18.2 Å². The minimum absolute atomic E-state index is 0.0646. The Morgan fingerprint density at radius 1 is 1.18 bits per heavy atom. The molecule has 170 valence electrons. The molecule has 0 saturated carbocycles. The summed E-state index contributed by atoms with van der Waals surface area (Å²) in [6, 6.07) is 2.11. The highest BCUT2D eigenvalue weighted by Gasteiger charge is 2.40. The van der Waals surface area contributed by atoms with Gasteiger partial charge in [0.2, 0.25) is 6.35 Å². The number of rotatable bonds is 3. The highest BCUT2D eigenvalue weighted by atomic mass is 16.5. The lowest BCUT2D eigenvalue weighted by molar-refractivity contribution is -0.423. The zero-order valence-electron chi connectivity index (χ0n) is 19.1. The van der Waals surface area contributed by atoms with Crippen molar-refractivity contribution in [2.45, 2.75) is 51.3 Å². The average Bonchev–Trinajstić information content (AvgIpc) is 3.33. The van der Waals surface area contributed by atoms with Crippen LogP contribution in [0, 0.1) is 0 Å². The van der Waals surface area contributed by atoms with E-state index in [4.69, 9.17) is 9.15 Å². The predicted octanol–water partition coefficient (Wildman–Crippen LogP) is 2.52. The molecule has 0 bridgehead atoms. The van der Waals surface area contributed by atoms with E-state index >= 15 is 0 Å². The van der Waals surface area contributed by atoms with E-state index < -0.39 is 6.35 Å². The summed E-state index contributed by atoms with van der Waals surface area (Å²) in [5.74, 6) is 0.637. The third kappa shape index (κ3) is 3.30. The van der Waals surface area contributed by atoms with Crippen LogP contribution in [-0.2, 0) is 11.8 Å². The second-order valence-corrected chi connectivity index (χ2v) is 9.24. The van der Waals surface area contributed by atoms with Crippen LogP contribution in [0.4, 0.5) is 5.69 Å². The number of pyridine rings is 1. The molecule has 3 unspecified atom stereocenters. The number of anilines is 1. The molecule has 0 aliphatic carbocycles. The Morgan fingerprint density at radius 3 is 2.61 bits per heavy atom. The largest absolute Gasteiger partial charge is 0.451 e. The van der Waals surface area contributed by atoms with E-state index in [1.54, 1.807) is 17.1 Å². The summed E-state index contributed by atoms with van der Waals surface area (Å²) < 4.78 is 16.0. The van der Waals surface area contributed by atoms with Gasteiger partial charge >= 0.3 is 0 Å². The number of aliphatic hydroxyl groups is 1. The van der Waals surface area contributed by atoms with Gasteiger partial charge in [-0.3, -0.25) is 9.67 Å². The SMILES string of the molecule is CC1CC(N2c3c(oc4cnc(C5=C[N+](C)=C5)cc34)C(c3cnn(C)c3)=NC2O)CC(C)O1. The molecule has 6 rings (SSSR count). The number of aryl methyl sites for hydroxylation is 1. The van der Waals surface area contributed by atoms with Crippen LogP contribution in [0.15, 0.2) is 40.3 Å². The predicted molar refractivity (Wildman–Crippen MR) is 125 cm³/mol. The van der Waals surface area contributed by atoms with Gasteiger partial charge in [-0.1, -0.05) is 0 Å². The van der Waals surface area contributed by atoms with Crippen molar-refractivity contribution in [2.24, 2.45) is 12.0 Å². The molecule has 1 fully saturated rings. The number of ether oxygens (including phenoxy) is 1. The molecular weight excluding hydrogens is 420 g/mol. The van der Waals surface area contributed by atoms with Crippen LogP contribution < -0.4 is 4.90 Å². The Labute approximate surface area is 191 Å². The minimum atomic E-state index is -1.03. The number of nitrogens with zero attached hydrogens (tertiary/aromatic N) is 6. The van der Waals surface area contributed by atoms with E-state index in [0.717, 1.165) is 40.7 Å². The Morgan fingerprint density at radius 2 is 1.94 bits per heavy atom. The van der Waals surface area contributed by atoms with Gasteiger partial charge in [0.05, 0.1) is 36.0 Å². The topological polar surface area (TPSA) is 91.9 Å². The third-order valence-electron chi connectivity index (χ3n) is 6.54. The van der Waals surface area contributed by atoms with Gasteiger partial charge in [-0.2, -0.15) is 5.10 Å². The van der Waals surface area contributed by atoms with Crippen molar-refractivity contribution in [1.82, 2.24) is 14.8 Å². The first-order valence-electron chi connectivity index (χ1n) is 11.3. The molecule has 1 N–H and O–H groups in total. The van der Waals surface area contributed by atoms with Gasteiger partial charge in [0.15, 0.2) is 23.8 Å². The highest BCUT2D eigenvalue weighted by Crippen LogP contribution is 2.43. The van der Waals surface area contributed by atoms with Crippen LogP contribution in [0.5, 0.6) is 0 Å². The molecule has 3 aromatic heterocycles. The number of hydrogen-bond donors (Lipinski definition) is 1. The molecule has 3 atom stereocenters. The van der Waals surface area contributed by atoms with Crippen LogP contribution >= 0.6 is 0 Å². The zero-order chi connectivity index (χ0) is 22.9. The van der Waals surface area contributed by atoms with Crippen molar-refractivity contribution in [3.05, 3.63) is 47.9 Å². The number of fused-ring (bicyclic) bond motifs is 3. The van der Waals surface area contributed by atoms with E-state index in [1.165, 1.54) is 0 Å². The first kappa shape index (κ1) is 20.3. The van der Waals surface area contributed by atoms with Crippen molar-refractivity contribution in [3.8, 4) is 0 Å². The second kappa shape index (κ2) is 7.36. The molecular formula is C24H27N6O3+. The lowest BCUT2D eigenvalue weighted by Crippen LogP contribution is -2.50. The van der Waals surface area contributed by atoms with Crippen LogP contribution in [0.25, 0.3) is 16.5 Å². The fourth-order valence-electron chi connectivity index (χ4n) is 5.19. The van der Waals surface area contributed by atoms with Gasteiger partial charge in [-0.25, -0.2) is 9.57 Å². The van der Waals surface area contributed by atoms with Crippen molar-refractivity contribution in [1.29, 1.82) is 0 Å². The van der Waals surface area contributed by atoms with Crippen LogP contribution in [0.3, 0.4) is 0 Å². The smallest absolute Gasteiger partial charge is 0.226 e. The zero-order valence-corrected chi connectivity index (χ0v) is 19.1. The van der Waals surface area contributed by atoms with Crippen LogP contribution in [0.2, 0.25) is 0 Å². The van der Waals surface area contributed by atoms with Crippen molar-refractivity contribution >= 4 is 34.2 Å². The molecule has 0 spiro atoms. The fourth-order valence-corrected chi connectivity index (χ4v) is 5.19. The summed E-state index contributed by atoms with van der Waals surface area (Å²) in [6.45, 7) is 4.16. The van der Waals surface area contributed by atoms with E-state index in [0.29, 0.717) is 17.1 Å². The molecule has 3 aliphatic rings. The number of aliphatic imine (C=N–C) groups is 1. The molecule has 9 nitrogen and oxygen atoms in total. The normalized spacial score (nSPS) is 27.1. The maximum atomic E-state index is 11.3. The van der Waals surface area contributed by atoms with Gasteiger partial charge in [-0.15, -0.1) is 0 Å². The molecule has 9 heteroatoms. The lowest BCUT2D eigenvalue weighted by atomic mass is 9.96. The van der Waals surface area contributed by atoms with Gasteiger partial charge in [-0.05, 0) is 32.8 Å². The average molecular weight is 448 g/mol. The molecule has 33 heavy (non-hydrogen) atoms. The van der Waals surface area contributed by atoms with Crippen LogP contribution in [-0.4, -0.2) is 68.0 Å². The first-order chi connectivity index (χ1) is 15.9. The molecule has 0 amide bonds. The van der Waals surface area contributed by atoms with Gasteiger partial charge in [0.25, 0.3) is 0 Å². The van der Waals surface area contributed by atoms with Crippen molar-refractivity contribution in [2.75, 3.05) is 11.9 Å². The minimum Gasteiger partial charge on any atom is -0.451 e. The standard InChI is InChI=1S/C24H27N6O3/c1-13-5-17(6-14(2)32-13)30-22-18-7-19(16-10-28(3)11-16)25-9-20(18)33-23(22)21(27-24(30)31)15-8-26-29(4)12-15/h7-14,17,24,31H,5-6H2,1-4H3/q+1. The van der Waals surface area contributed by atoms with Gasteiger partial charge in [0, 0.05) is 30.2 Å². The number of aromatic nitrogens is 3. The quantitative estimate of drug-likeness (QED) is 0.621. The summed E-state index contributed by atoms with van der Waals surface area (Å²) in [4.78, 5) is 11.3. The van der Waals surface area contributed by atoms with Crippen LogP contribution in [0.1, 0.15) is 43.7 Å². The molecule has 0 radical (unpaired) electrons. The Bertz CT molecular complexity index is 1340. The fraction of sp³-hybridized carbons (Fsp3) is 0.417. The lowest BCUT2D eigenvalue weighted by Gasteiger charge is -2.42. The van der Waals surface area contributed by atoms with Crippen molar-refractivity contribution < 1.29 is 18.8 Å². The molecule has 1 saturated heterocycles. The summed E-state index contributed by atoms with van der Waals surface area (Å²) in [6.07, 6.45) is 10.2.